The highest BCUT2D eigenvalue weighted by Gasteiger charge is 2.15. The van der Waals surface area contributed by atoms with E-state index in [0.717, 1.165) is 5.56 Å². The number of hydrogen-bond acceptors (Lipinski definition) is 6. The normalized spacial score (nSPS) is 10.7. The summed E-state index contributed by atoms with van der Waals surface area (Å²) in [6, 6.07) is 12.4. The van der Waals surface area contributed by atoms with Gasteiger partial charge in [0.05, 0.1) is 18.7 Å². The van der Waals surface area contributed by atoms with Gasteiger partial charge in [-0.2, -0.15) is 5.26 Å². The van der Waals surface area contributed by atoms with Crippen LogP contribution in [-0.4, -0.2) is 32.7 Å². The van der Waals surface area contributed by atoms with E-state index >= 15 is 0 Å². The van der Waals surface area contributed by atoms with Gasteiger partial charge in [-0.1, -0.05) is 17.7 Å². The predicted octanol–water partition coefficient (Wildman–Crippen LogP) is 3.86. The highest BCUT2D eigenvalue weighted by Crippen LogP contribution is 2.37. The molecule has 0 fully saturated rings. The second kappa shape index (κ2) is 10.3. The van der Waals surface area contributed by atoms with E-state index in [1.54, 1.807) is 24.3 Å². The zero-order chi connectivity index (χ0) is 21.4. The number of carbonyl (C=O) groups is 2. The molecule has 0 radical (unpaired) electrons. The van der Waals surface area contributed by atoms with Crippen molar-refractivity contribution in [3.8, 4) is 17.6 Å². The van der Waals surface area contributed by atoms with Gasteiger partial charge in [-0.25, -0.2) is 4.79 Å². The second-order valence-electron chi connectivity index (χ2n) is 5.89. The summed E-state index contributed by atoms with van der Waals surface area (Å²) in [6.45, 7) is 1.65. The number of rotatable bonds is 7. The second-order valence-corrected chi connectivity index (χ2v) is 6.74. The van der Waals surface area contributed by atoms with Crippen LogP contribution < -0.4 is 14.8 Å². The maximum atomic E-state index is 12.4. The van der Waals surface area contributed by atoms with Gasteiger partial charge in [0.15, 0.2) is 18.1 Å². The molecular formula is C21H19BrN2O5. The third-order valence-corrected chi connectivity index (χ3v) is 4.39. The van der Waals surface area contributed by atoms with E-state index < -0.39 is 11.9 Å². The summed E-state index contributed by atoms with van der Waals surface area (Å²) in [6.07, 6.45) is 1.43. The lowest BCUT2D eigenvalue weighted by atomic mass is 10.1. The quantitative estimate of drug-likeness (QED) is 0.384. The van der Waals surface area contributed by atoms with Crippen LogP contribution in [0, 0.1) is 18.3 Å². The van der Waals surface area contributed by atoms with E-state index in [0.29, 0.717) is 27.2 Å². The molecule has 0 aliphatic carbocycles. The summed E-state index contributed by atoms with van der Waals surface area (Å²) in [5.74, 6) is -0.441. The number of anilines is 1. The first kappa shape index (κ1) is 22.0. The Balaban J connectivity index is 2.26. The minimum atomic E-state index is -0.539. The topological polar surface area (TPSA) is 97.7 Å². The highest BCUT2D eigenvalue weighted by molar-refractivity contribution is 9.10. The molecule has 7 nitrogen and oxygen atoms in total. The van der Waals surface area contributed by atoms with Gasteiger partial charge in [0.1, 0.15) is 11.6 Å². The van der Waals surface area contributed by atoms with Crippen molar-refractivity contribution in [3.05, 3.63) is 57.6 Å². The lowest BCUT2D eigenvalue weighted by molar-refractivity contribution is -0.142. The SMILES string of the molecule is COC(=O)COc1c(Br)cc(/C=C(/C#N)C(=O)Nc2ccc(C)cc2)cc1OC. The molecule has 0 aliphatic heterocycles. The highest BCUT2D eigenvalue weighted by atomic mass is 79.9. The number of amides is 1. The van der Waals surface area contributed by atoms with Crippen LogP contribution in [0.5, 0.6) is 11.5 Å². The summed E-state index contributed by atoms with van der Waals surface area (Å²) in [5.41, 5.74) is 2.11. The lowest BCUT2D eigenvalue weighted by Gasteiger charge is -2.13. The number of nitrogens with zero attached hydrogens (tertiary/aromatic N) is 1. The Labute approximate surface area is 177 Å². The Bertz CT molecular complexity index is 978. The maximum Gasteiger partial charge on any atom is 0.343 e. The summed E-state index contributed by atoms with van der Waals surface area (Å²) >= 11 is 3.35. The van der Waals surface area contributed by atoms with E-state index in [2.05, 4.69) is 26.0 Å². The third-order valence-electron chi connectivity index (χ3n) is 3.80. The number of hydrogen-bond donors (Lipinski definition) is 1. The zero-order valence-corrected chi connectivity index (χ0v) is 17.7. The Hall–Kier alpha value is -3.31. The van der Waals surface area contributed by atoms with Gasteiger partial charge in [0.2, 0.25) is 0 Å². The fourth-order valence-corrected chi connectivity index (χ4v) is 2.88. The molecule has 29 heavy (non-hydrogen) atoms. The first-order valence-corrected chi connectivity index (χ1v) is 9.24. The minimum absolute atomic E-state index is 0.0808. The molecule has 0 bridgehead atoms. The van der Waals surface area contributed by atoms with E-state index in [9.17, 15) is 14.9 Å². The average Bonchev–Trinajstić information content (AvgIpc) is 2.72. The Morgan fingerprint density at radius 2 is 1.90 bits per heavy atom. The standard InChI is InChI=1S/C21H19BrN2O5/c1-13-4-6-16(7-5-13)24-21(26)15(11-23)8-14-9-17(22)20(18(10-14)27-2)29-12-19(25)28-3/h4-10H,12H2,1-3H3,(H,24,26)/b15-8-. The van der Waals surface area contributed by atoms with Crippen LogP contribution in [-0.2, 0) is 14.3 Å². The first-order chi connectivity index (χ1) is 13.9. The molecule has 0 unspecified atom stereocenters. The van der Waals surface area contributed by atoms with Crippen molar-refractivity contribution in [2.24, 2.45) is 0 Å². The van der Waals surface area contributed by atoms with E-state index in [-0.39, 0.29) is 12.2 Å². The van der Waals surface area contributed by atoms with Crippen LogP contribution in [0.3, 0.4) is 0 Å². The molecule has 0 saturated carbocycles. The molecule has 0 atom stereocenters. The Kier molecular flexibility index (Phi) is 7.80. The number of aryl methyl sites for hydroxylation is 1. The number of halogens is 1. The molecule has 0 spiro atoms. The number of benzene rings is 2. The van der Waals surface area contributed by atoms with Crippen LogP contribution in [0.1, 0.15) is 11.1 Å². The van der Waals surface area contributed by atoms with E-state index in [1.165, 1.54) is 20.3 Å². The molecule has 0 aliphatic rings. The largest absolute Gasteiger partial charge is 0.493 e. The Morgan fingerprint density at radius 3 is 2.48 bits per heavy atom. The van der Waals surface area contributed by atoms with Gasteiger partial charge < -0.3 is 19.5 Å². The van der Waals surface area contributed by atoms with Crippen LogP contribution in [0.2, 0.25) is 0 Å². The zero-order valence-electron chi connectivity index (χ0n) is 16.1. The fourth-order valence-electron chi connectivity index (χ4n) is 2.30. The van der Waals surface area contributed by atoms with Crippen LogP contribution in [0.4, 0.5) is 5.69 Å². The summed E-state index contributed by atoms with van der Waals surface area (Å²) in [5, 5.41) is 12.1. The molecule has 0 aromatic heterocycles. The van der Waals surface area contributed by atoms with Crippen molar-refractivity contribution in [1.82, 2.24) is 0 Å². The van der Waals surface area contributed by atoms with E-state index in [1.807, 2.05) is 25.1 Å². The van der Waals surface area contributed by atoms with Crippen molar-refractivity contribution >= 4 is 39.6 Å². The number of carbonyl (C=O) groups excluding carboxylic acids is 2. The van der Waals surface area contributed by atoms with Crippen molar-refractivity contribution in [1.29, 1.82) is 5.26 Å². The maximum absolute atomic E-state index is 12.4. The molecule has 150 valence electrons. The number of esters is 1. The summed E-state index contributed by atoms with van der Waals surface area (Å²) in [7, 11) is 2.70. The molecule has 2 rings (SSSR count). The van der Waals surface area contributed by atoms with Gasteiger partial charge in [-0.15, -0.1) is 0 Å². The minimum Gasteiger partial charge on any atom is -0.493 e. The average molecular weight is 459 g/mol. The van der Waals surface area contributed by atoms with E-state index in [4.69, 9.17) is 9.47 Å². The molecule has 2 aromatic rings. The fraction of sp³-hybridized carbons (Fsp3) is 0.190. The molecule has 8 heteroatoms. The molecular weight excluding hydrogens is 440 g/mol. The van der Waals surface area contributed by atoms with Gasteiger partial charge in [-0.05, 0) is 58.8 Å². The van der Waals surface area contributed by atoms with Gasteiger partial charge in [0.25, 0.3) is 5.91 Å². The molecule has 0 heterocycles. The van der Waals surface area contributed by atoms with Crippen LogP contribution in [0.25, 0.3) is 6.08 Å². The van der Waals surface area contributed by atoms with Crippen molar-refractivity contribution in [2.75, 3.05) is 26.1 Å². The van der Waals surface area contributed by atoms with Crippen LogP contribution in [0.15, 0.2) is 46.4 Å². The first-order valence-electron chi connectivity index (χ1n) is 8.45. The number of methoxy groups -OCH3 is 2. The number of nitriles is 1. The number of ether oxygens (including phenoxy) is 3. The monoisotopic (exact) mass is 458 g/mol. The smallest absolute Gasteiger partial charge is 0.343 e. The lowest BCUT2D eigenvalue weighted by Crippen LogP contribution is -2.14. The summed E-state index contributed by atoms with van der Waals surface area (Å²) in [4.78, 5) is 23.7. The van der Waals surface area contributed by atoms with Crippen molar-refractivity contribution < 1.29 is 23.8 Å². The van der Waals surface area contributed by atoms with Crippen molar-refractivity contribution in [3.63, 3.8) is 0 Å². The van der Waals surface area contributed by atoms with Gasteiger partial charge in [0, 0.05) is 5.69 Å². The molecule has 1 N–H and O–H groups in total. The molecule has 1 amide bonds. The third kappa shape index (κ3) is 6.09. The molecule has 2 aromatic carbocycles. The van der Waals surface area contributed by atoms with Crippen molar-refractivity contribution in [2.45, 2.75) is 6.92 Å². The van der Waals surface area contributed by atoms with Crippen LogP contribution >= 0.6 is 15.9 Å². The number of nitrogens with one attached hydrogen (secondary N) is 1. The molecule has 0 saturated heterocycles. The summed E-state index contributed by atoms with van der Waals surface area (Å²) < 4.78 is 15.8. The van der Waals surface area contributed by atoms with Gasteiger partial charge >= 0.3 is 5.97 Å². The Morgan fingerprint density at radius 1 is 1.21 bits per heavy atom. The van der Waals surface area contributed by atoms with Gasteiger partial charge in [-0.3, -0.25) is 4.79 Å². The predicted molar refractivity (Wildman–Crippen MR) is 112 cm³/mol.